The van der Waals surface area contributed by atoms with Gasteiger partial charge in [-0.05, 0) is 48.5 Å². The SMILES string of the molecule is CC(C(=O)NC(C)(C)C)n1cc(Br)c([N+](=O)[O-])n1. The predicted octanol–water partition coefficient (Wildman–Crippen LogP) is 2.03. The summed E-state index contributed by atoms with van der Waals surface area (Å²) in [6.45, 7) is 7.21. The van der Waals surface area contributed by atoms with E-state index in [9.17, 15) is 14.9 Å². The minimum atomic E-state index is -0.616. The van der Waals surface area contributed by atoms with Crippen molar-refractivity contribution in [3.63, 3.8) is 0 Å². The Hall–Kier alpha value is -1.44. The fourth-order valence-corrected chi connectivity index (χ4v) is 1.71. The molecule has 1 aromatic heterocycles. The molecule has 0 fully saturated rings. The summed E-state index contributed by atoms with van der Waals surface area (Å²) in [7, 11) is 0. The standard InChI is InChI=1S/C10H15BrN4O3/c1-6(9(16)12-10(2,3)4)14-5-7(11)8(13-14)15(17)18/h5-6H,1-4H3,(H,12,16). The first kappa shape index (κ1) is 14.6. The molecule has 0 spiro atoms. The summed E-state index contributed by atoms with van der Waals surface area (Å²) < 4.78 is 1.52. The van der Waals surface area contributed by atoms with Gasteiger partial charge in [-0.15, -0.1) is 0 Å². The Morgan fingerprint density at radius 1 is 1.61 bits per heavy atom. The van der Waals surface area contributed by atoms with Crippen molar-refractivity contribution in [3.8, 4) is 0 Å². The van der Waals surface area contributed by atoms with Crippen LogP contribution in [-0.2, 0) is 4.79 Å². The van der Waals surface area contributed by atoms with Gasteiger partial charge in [-0.25, -0.2) is 0 Å². The maximum Gasteiger partial charge on any atom is 0.404 e. The minimum absolute atomic E-state index is 0.243. The van der Waals surface area contributed by atoms with Crippen molar-refractivity contribution in [2.75, 3.05) is 0 Å². The molecule has 0 aliphatic heterocycles. The number of carbonyl (C=O) groups excluding carboxylic acids is 1. The second kappa shape index (κ2) is 5.05. The third kappa shape index (κ3) is 3.52. The molecule has 8 heteroatoms. The van der Waals surface area contributed by atoms with Gasteiger partial charge in [0.05, 0.1) is 11.3 Å². The van der Waals surface area contributed by atoms with Crippen LogP contribution in [0.5, 0.6) is 0 Å². The van der Waals surface area contributed by atoms with Gasteiger partial charge in [0, 0.05) is 5.54 Å². The number of hydrogen-bond donors (Lipinski definition) is 1. The Labute approximate surface area is 113 Å². The topological polar surface area (TPSA) is 90.1 Å². The second-order valence-electron chi connectivity index (χ2n) is 4.95. The first-order valence-corrected chi connectivity index (χ1v) is 6.12. The Bertz CT molecular complexity index is 478. The first-order chi connectivity index (χ1) is 8.11. The smallest absolute Gasteiger partial charge is 0.358 e. The van der Waals surface area contributed by atoms with Crippen molar-refractivity contribution < 1.29 is 9.72 Å². The number of nitrogens with one attached hydrogen (secondary N) is 1. The molecule has 1 rings (SSSR count). The maximum atomic E-state index is 11.9. The fraction of sp³-hybridized carbons (Fsp3) is 0.600. The van der Waals surface area contributed by atoms with Crippen molar-refractivity contribution >= 4 is 27.7 Å². The quantitative estimate of drug-likeness (QED) is 0.682. The molecule has 18 heavy (non-hydrogen) atoms. The average molecular weight is 319 g/mol. The van der Waals surface area contributed by atoms with E-state index in [0.29, 0.717) is 0 Å². The Balaban J connectivity index is 2.91. The summed E-state index contributed by atoms with van der Waals surface area (Å²) in [5.74, 6) is -0.544. The number of nitro groups is 1. The number of hydrogen-bond acceptors (Lipinski definition) is 4. The first-order valence-electron chi connectivity index (χ1n) is 5.33. The lowest BCUT2D eigenvalue weighted by molar-refractivity contribution is -0.390. The van der Waals surface area contributed by atoms with Crippen LogP contribution in [-0.4, -0.2) is 26.1 Å². The number of rotatable bonds is 3. The molecule has 1 amide bonds. The Kier molecular flexibility index (Phi) is 4.10. The van der Waals surface area contributed by atoms with Crippen LogP contribution in [0.2, 0.25) is 0 Å². The van der Waals surface area contributed by atoms with Crippen LogP contribution in [0.3, 0.4) is 0 Å². The zero-order chi connectivity index (χ0) is 14.1. The van der Waals surface area contributed by atoms with E-state index in [-0.39, 0.29) is 21.7 Å². The molecule has 0 bridgehead atoms. The number of carbonyl (C=O) groups is 1. The zero-order valence-electron chi connectivity index (χ0n) is 10.6. The van der Waals surface area contributed by atoms with Crippen molar-refractivity contribution in [2.24, 2.45) is 0 Å². The molecular weight excluding hydrogens is 304 g/mol. The van der Waals surface area contributed by atoms with E-state index in [0.717, 1.165) is 0 Å². The largest absolute Gasteiger partial charge is 0.404 e. The van der Waals surface area contributed by atoms with Crippen LogP contribution in [0.1, 0.15) is 33.7 Å². The average Bonchev–Trinajstić information content (AvgIpc) is 2.56. The van der Waals surface area contributed by atoms with Crippen molar-refractivity contribution in [3.05, 3.63) is 20.8 Å². The molecule has 1 heterocycles. The molecule has 0 aliphatic rings. The molecule has 0 radical (unpaired) electrons. The van der Waals surface area contributed by atoms with E-state index in [1.807, 2.05) is 20.8 Å². The molecule has 1 unspecified atom stereocenters. The molecule has 1 N–H and O–H groups in total. The molecule has 0 saturated carbocycles. The lowest BCUT2D eigenvalue weighted by Crippen LogP contribution is -2.43. The van der Waals surface area contributed by atoms with Gasteiger partial charge in [0.15, 0.2) is 0 Å². The third-order valence-corrected chi connectivity index (χ3v) is 2.68. The summed E-state index contributed by atoms with van der Waals surface area (Å²) in [6, 6.07) is -0.616. The molecule has 0 aliphatic carbocycles. The van der Waals surface area contributed by atoms with E-state index < -0.39 is 11.0 Å². The van der Waals surface area contributed by atoms with Crippen LogP contribution in [0.4, 0.5) is 5.82 Å². The number of aromatic nitrogens is 2. The maximum absolute atomic E-state index is 11.9. The zero-order valence-corrected chi connectivity index (χ0v) is 12.2. The van der Waals surface area contributed by atoms with E-state index >= 15 is 0 Å². The van der Waals surface area contributed by atoms with E-state index in [4.69, 9.17) is 0 Å². The van der Waals surface area contributed by atoms with E-state index in [1.54, 1.807) is 6.92 Å². The highest BCUT2D eigenvalue weighted by atomic mass is 79.9. The van der Waals surface area contributed by atoms with E-state index in [2.05, 4.69) is 26.3 Å². The number of nitrogens with zero attached hydrogens (tertiary/aromatic N) is 3. The van der Waals surface area contributed by atoms with Crippen molar-refractivity contribution in [1.82, 2.24) is 15.1 Å². The highest BCUT2D eigenvalue weighted by Gasteiger charge is 2.27. The predicted molar refractivity (Wildman–Crippen MR) is 69.2 cm³/mol. The van der Waals surface area contributed by atoms with Gasteiger partial charge in [0.25, 0.3) is 0 Å². The molecule has 7 nitrogen and oxygen atoms in total. The summed E-state index contributed by atoms with van der Waals surface area (Å²) in [5, 5.41) is 17.2. The van der Waals surface area contributed by atoms with Gasteiger partial charge < -0.3 is 15.4 Å². The van der Waals surface area contributed by atoms with Crippen LogP contribution in [0.15, 0.2) is 10.7 Å². The highest BCUT2D eigenvalue weighted by molar-refractivity contribution is 9.10. The minimum Gasteiger partial charge on any atom is -0.358 e. The van der Waals surface area contributed by atoms with Crippen LogP contribution >= 0.6 is 15.9 Å². The van der Waals surface area contributed by atoms with Gasteiger partial charge in [0.2, 0.25) is 5.91 Å². The van der Waals surface area contributed by atoms with Crippen molar-refractivity contribution in [2.45, 2.75) is 39.3 Å². The Morgan fingerprint density at radius 3 is 2.56 bits per heavy atom. The second-order valence-corrected chi connectivity index (χ2v) is 5.81. The summed E-state index contributed by atoms with van der Waals surface area (Å²) in [4.78, 5) is 21.9. The third-order valence-electron chi connectivity index (χ3n) is 2.12. The lowest BCUT2D eigenvalue weighted by Gasteiger charge is -2.22. The highest BCUT2D eigenvalue weighted by Crippen LogP contribution is 2.24. The van der Waals surface area contributed by atoms with E-state index in [1.165, 1.54) is 10.9 Å². The molecular formula is C10H15BrN4O3. The molecule has 0 saturated heterocycles. The van der Waals surface area contributed by atoms with Gasteiger partial charge in [-0.1, -0.05) is 0 Å². The number of amides is 1. The molecule has 1 aromatic rings. The molecule has 100 valence electrons. The van der Waals surface area contributed by atoms with Crippen LogP contribution in [0.25, 0.3) is 0 Å². The number of halogens is 1. The van der Waals surface area contributed by atoms with Gasteiger partial charge in [-0.3, -0.25) is 4.79 Å². The fourth-order valence-electron chi connectivity index (χ4n) is 1.28. The van der Waals surface area contributed by atoms with Gasteiger partial charge in [-0.2, -0.15) is 4.68 Å². The Morgan fingerprint density at radius 2 is 2.17 bits per heavy atom. The summed E-state index contributed by atoms with van der Waals surface area (Å²) >= 11 is 3.04. The summed E-state index contributed by atoms with van der Waals surface area (Å²) in [6.07, 6.45) is 1.42. The molecule has 0 aromatic carbocycles. The monoisotopic (exact) mass is 318 g/mol. The van der Waals surface area contributed by atoms with Crippen LogP contribution in [0, 0.1) is 10.1 Å². The van der Waals surface area contributed by atoms with Gasteiger partial charge in [0.1, 0.15) is 10.5 Å². The summed E-state index contributed by atoms with van der Waals surface area (Å²) in [5.41, 5.74) is -0.359. The lowest BCUT2D eigenvalue weighted by atomic mass is 10.1. The normalized spacial score (nSPS) is 13.2. The van der Waals surface area contributed by atoms with Gasteiger partial charge >= 0.3 is 5.82 Å². The van der Waals surface area contributed by atoms with Crippen LogP contribution < -0.4 is 5.32 Å². The molecule has 1 atom stereocenters. The van der Waals surface area contributed by atoms with Crippen molar-refractivity contribution in [1.29, 1.82) is 0 Å².